The van der Waals surface area contributed by atoms with Crippen molar-refractivity contribution in [3.63, 3.8) is 0 Å². The van der Waals surface area contributed by atoms with E-state index in [-0.39, 0.29) is 11.5 Å². The van der Waals surface area contributed by atoms with E-state index in [2.05, 4.69) is 20.5 Å². The van der Waals surface area contributed by atoms with Gasteiger partial charge in [0, 0.05) is 13.0 Å². The molecule has 0 atom stereocenters. The van der Waals surface area contributed by atoms with Gasteiger partial charge in [0.05, 0.1) is 0 Å². The van der Waals surface area contributed by atoms with Gasteiger partial charge in [-0.15, -0.1) is 0 Å². The van der Waals surface area contributed by atoms with E-state index in [1.165, 1.54) is 12.4 Å². The molecule has 2 aromatic rings. The Hall–Kier alpha value is -2.08. The van der Waals surface area contributed by atoms with Crippen LogP contribution in [-0.2, 0) is 13.0 Å². The van der Waals surface area contributed by atoms with Gasteiger partial charge in [0.1, 0.15) is 12.2 Å². The van der Waals surface area contributed by atoms with Crippen LogP contribution in [0.3, 0.4) is 0 Å². The topological polar surface area (TPSA) is 94.1 Å². The molecule has 0 spiro atoms. The Morgan fingerprint density at radius 3 is 2.83 bits per heavy atom. The summed E-state index contributed by atoms with van der Waals surface area (Å²) in [7, 11) is 0. The zero-order valence-electron chi connectivity index (χ0n) is 9.93. The van der Waals surface area contributed by atoms with Crippen LogP contribution in [-0.4, -0.2) is 31.9 Å². The van der Waals surface area contributed by atoms with Gasteiger partial charge in [0.2, 0.25) is 0 Å². The van der Waals surface area contributed by atoms with Crippen LogP contribution in [0.5, 0.6) is 11.5 Å². The van der Waals surface area contributed by atoms with Crippen molar-refractivity contribution in [1.82, 2.24) is 20.5 Å². The molecule has 0 radical (unpaired) electrons. The smallest absolute Gasteiger partial charge is 0.157 e. The molecule has 1 heterocycles. The van der Waals surface area contributed by atoms with E-state index in [4.69, 9.17) is 0 Å². The SMILES string of the molecule is Oc1ccc(CNCCCc2ncn[nH]2)cc1O. The number of hydrogen-bond acceptors (Lipinski definition) is 5. The maximum Gasteiger partial charge on any atom is 0.157 e. The van der Waals surface area contributed by atoms with Gasteiger partial charge in [-0.2, -0.15) is 5.10 Å². The summed E-state index contributed by atoms with van der Waals surface area (Å²) >= 11 is 0. The van der Waals surface area contributed by atoms with Crippen LogP contribution in [0.4, 0.5) is 0 Å². The third-order valence-corrected chi connectivity index (χ3v) is 2.60. The number of rotatable bonds is 6. The van der Waals surface area contributed by atoms with E-state index in [0.29, 0.717) is 6.54 Å². The lowest BCUT2D eigenvalue weighted by Gasteiger charge is -2.05. The highest BCUT2D eigenvalue weighted by Gasteiger charge is 2.00. The highest BCUT2D eigenvalue weighted by Crippen LogP contribution is 2.24. The zero-order valence-corrected chi connectivity index (χ0v) is 9.93. The van der Waals surface area contributed by atoms with Crippen LogP contribution >= 0.6 is 0 Å². The third kappa shape index (κ3) is 3.46. The van der Waals surface area contributed by atoms with Crippen molar-refractivity contribution in [3.05, 3.63) is 35.9 Å². The van der Waals surface area contributed by atoms with Crippen molar-refractivity contribution in [3.8, 4) is 11.5 Å². The van der Waals surface area contributed by atoms with Crippen molar-refractivity contribution in [1.29, 1.82) is 0 Å². The van der Waals surface area contributed by atoms with Crippen molar-refractivity contribution in [2.75, 3.05) is 6.54 Å². The average Bonchev–Trinajstić information content (AvgIpc) is 2.86. The first kappa shape index (κ1) is 12.4. The van der Waals surface area contributed by atoms with E-state index in [0.717, 1.165) is 30.8 Å². The molecule has 4 N–H and O–H groups in total. The number of aromatic hydroxyl groups is 2. The van der Waals surface area contributed by atoms with Crippen LogP contribution in [0.25, 0.3) is 0 Å². The molecule has 0 unspecified atom stereocenters. The molecule has 0 aliphatic carbocycles. The monoisotopic (exact) mass is 248 g/mol. The lowest BCUT2D eigenvalue weighted by Crippen LogP contribution is -2.15. The van der Waals surface area contributed by atoms with Gasteiger partial charge in [0.25, 0.3) is 0 Å². The van der Waals surface area contributed by atoms with Crippen molar-refractivity contribution < 1.29 is 10.2 Å². The number of phenols is 2. The first-order valence-electron chi connectivity index (χ1n) is 5.81. The van der Waals surface area contributed by atoms with Gasteiger partial charge < -0.3 is 15.5 Å². The van der Waals surface area contributed by atoms with Gasteiger partial charge in [-0.3, -0.25) is 5.10 Å². The van der Waals surface area contributed by atoms with Gasteiger partial charge in [-0.25, -0.2) is 4.98 Å². The number of nitrogens with one attached hydrogen (secondary N) is 2. The molecule has 0 amide bonds. The minimum absolute atomic E-state index is 0.0871. The summed E-state index contributed by atoms with van der Waals surface area (Å²) < 4.78 is 0. The van der Waals surface area contributed by atoms with E-state index >= 15 is 0 Å². The summed E-state index contributed by atoms with van der Waals surface area (Å²) in [6.07, 6.45) is 3.31. The Labute approximate surface area is 105 Å². The predicted octanol–water partition coefficient (Wildman–Crippen LogP) is 0.938. The Morgan fingerprint density at radius 1 is 1.22 bits per heavy atom. The highest BCUT2D eigenvalue weighted by molar-refractivity contribution is 5.40. The molecule has 0 bridgehead atoms. The number of aromatic nitrogens is 3. The van der Waals surface area contributed by atoms with Crippen LogP contribution in [0.15, 0.2) is 24.5 Å². The number of phenolic OH excluding ortho intramolecular Hbond substituents is 2. The molecule has 0 fully saturated rings. The molecular weight excluding hydrogens is 232 g/mol. The summed E-state index contributed by atoms with van der Waals surface area (Å²) in [6.45, 7) is 1.51. The number of H-pyrrole nitrogens is 1. The number of nitrogens with zero attached hydrogens (tertiary/aromatic N) is 2. The number of aryl methyl sites for hydroxylation is 1. The number of hydrogen-bond donors (Lipinski definition) is 4. The maximum absolute atomic E-state index is 9.33. The van der Waals surface area contributed by atoms with Crippen LogP contribution < -0.4 is 5.32 Å². The second-order valence-corrected chi connectivity index (χ2v) is 4.04. The van der Waals surface area contributed by atoms with Gasteiger partial charge in [-0.05, 0) is 30.7 Å². The molecule has 0 aliphatic rings. The molecule has 96 valence electrons. The number of aromatic amines is 1. The minimum Gasteiger partial charge on any atom is -0.504 e. The molecule has 18 heavy (non-hydrogen) atoms. The molecule has 0 aliphatic heterocycles. The van der Waals surface area contributed by atoms with Gasteiger partial charge in [-0.1, -0.05) is 6.07 Å². The standard InChI is InChI=1S/C12H16N4O2/c17-10-4-3-9(6-11(10)18)7-13-5-1-2-12-14-8-15-16-12/h3-4,6,8,13,17-18H,1-2,5,7H2,(H,14,15,16). The third-order valence-electron chi connectivity index (χ3n) is 2.60. The quantitative estimate of drug-likeness (QED) is 0.451. The van der Waals surface area contributed by atoms with Gasteiger partial charge >= 0.3 is 0 Å². The lowest BCUT2D eigenvalue weighted by molar-refractivity contribution is 0.403. The zero-order chi connectivity index (χ0) is 12.8. The van der Waals surface area contributed by atoms with Crippen LogP contribution in [0.2, 0.25) is 0 Å². The normalized spacial score (nSPS) is 10.7. The van der Waals surface area contributed by atoms with E-state index in [1.54, 1.807) is 12.1 Å². The summed E-state index contributed by atoms with van der Waals surface area (Å²) in [5.41, 5.74) is 0.935. The molecule has 1 aromatic heterocycles. The van der Waals surface area contributed by atoms with Crippen LogP contribution in [0, 0.1) is 0 Å². The highest BCUT2D eigenvalue weighted by atomic mass is 16.3. The largest absolute Gasteiger partial charge is 0.504 e. The fourth-order valence-electron chi connectivity index (χ4n) is 1.64. The minimum atomic E-state index is -0.0935. The molecule has 2 rings (SSSR count). The summed E-state index contributed by atoms with van der Waals surface area (Å²) in [4.78, 5) is 4.04. The summed E-state index contributed by atoms with van der Waals surface area (Å²) in [6, 6.07) is 4.82. The summed E-state index contributed by atoms with van der Waals surface area (Å²) in [5, 5.41) is 28.3. The molecule has 0 saturated heterocycles. The van der Waals surface area contributed by atoms with Crippen LogP contribution in [0.1, 0.15) is 17.8 Å². The van der Waals surface area contributed by atoms with E-state index in [9.17, 15) is 10.2 Å². The molecule has 0 saturated carbocycles. The van der Waals surface area contributed by atoms with Crippen molar-refractivity contribution in [2.45, 2.75) is 19.4 Å². The first-order valence-corrected chi connectivity index (χ1v) is 5.81. The van der Waals surface area contributed by atoms with E-state index < -0.39 is 0 Å². The number of benzene rings is 1. The second kappa shape index (κ2) is 6.02. The second-order valence-electron chi connectivity index (χ2n) is 4.04. The van der Waals surface area contributed by atoms with Crippen molar-refractivity contribution in [2.24, 2.45) is 0 Å². The van der Waals surface area contributed by atoms with Crippen molar-refractivity contribution >= 4 is 0 Å². The average molecular weight is 248 g/mol. The molecule has 1 aromatic carbocycles. The fourth-order valence-corrected chi connectivity index (χ4v) is 1.64. The van der Waals surface area contributed by atoms with E-state index in [1.807, 2.05) is 0 Å². The molecule has 6 heteroatoms. The summed E-state index contributed by atoms with van der Waals surface area (Å²) in [5.74, 6) is 0.708. The first-order chi connectivity index (χ1) is 8.75. The Morgan fingerprint density at radius 2 is 2.11 bits per heavy atom. The Balaban J connectivity index is 1.67. The fraction of sp³-hybridized carbons (Fsp3) is 0.333. The molecule has 6 nitrogen and oxygen atoms in total. The Bertz CT molecular complexity index is 485. The Kier molecular flexibility index (Phi) is 4.14. The lowest BCUT2D eigenvalue weighted by atomic mass is 10.2. The maximum atomic E-state index is 9.33. The predicted molar refractivity (Wildman–Crippen MR) is 66.2 cm³/mol. The van der Waals surface area contributed by atoms with Gasteiger partial charge in [0.15, 0.2) is 11.5 Å². The molecular formula is C12H16N4O2.